The summed E-state index contributed by atoms with van der Waals surface area (Å²) in [6.45, 7) is 0. The smallest absolute Gasteiger partial charge is 0.236 e. The Morgan fingerprint density at radius 2 is 1.81 bits per heavy atom. The average Bonchev–Trinajstić information content (AvgIpc) is 2.49. The summed E-state index contributed by atoms with van der Waals surface area (Å²) in [5, 5.41) is 2.59. The highest BCUT2D eigenvalue weighted by atomic mass is 16.5. The molecule has 0 spiro atoms. The summed E-state index contributed by atoms with van der Waals surface area (Å²) in [4.78, 5) is 20.1. The quantitative estimate of drug-likeness (QED) is 0.803. The maximum absolute atomic E-state index is 12.0. The van der Waals surface area contributed by atoms with Gasteiger partial charge in [-0.2, -0.15) is 9.97 Å². The number of nitrogens with two attached hydrogens (primary N) is 1. The van der Waals surface area contributed by atoms with E-state index in [0.717, 1.165) is 5.56 Å². The molecule has 1 heterocycles. The molecule has 3 N–H and O–H groups in total. The number of benzene rings is 1. The van der Waals surface area contributed by atoms with Crippen LogP contribution in [0.5, 0.6) is 11.8 Å². The molecule has 1 aromatic heterocycles. The summed E-state index contributed by atoms with van der Waals surface area (Å²) in [5.41, 5.74) is 7.11. The minimum atomic E-state index is -0.275. The molecule has 0 radical (unpaired) electrons. The van der Waals surface area contributed by atoms with Crippen LogP contribution in [-0.2, 0) is 11.2 Å². The molecule has 1 aromatic carbocycles. The Kier molecular flexibility index (Phi) is 4.55. The molecule has 110 valence electrons. The number of aromatic nitrogens is 2. The van der Waals surface area contributed by atoms with Crippen molar-refractivity contribution in [3.63, 3.8) is 0 Å². The SMILES string of the molecule is COc1cc(OC)nc(NC(=O)Cc2ccccc2N)n1. The van der Waals surface area contributed by atoms with Crippen molar-refractivity contribution in [3.8, 4) is 11.8 Å². The highest BCUT2D eigenvalue weighted by molar-refractivity contribution is 5.91. The normalized spacial score (nSPS) is 10.0. The topological polar surface area (TPSA) is 99.4 Å². The Hall–Kier alpha value is -2.83. The standard InChI is InChI=1S/C14H16N4O3/c1-20-12-8-13(21-2)18-14(17-12)16-11(19)7-9-5-3-4-6-10(9)15/h3-6,8H,7,15H2,1-2H3,(H,16,17,18,19). The lowest BCUT2D eigenvalue weighted by Crippen LogP contribution is -2.17. The van der Waals surface area contributed by atoms with Crippen LogP contribution < -0.4 is 20.5 Å². The van der Waals surface area contributed by atoms with Gasteiger partial charge in [-0.05, 0) is 11.6 Å². The third-order valence-corrected chi connectivity index (χ3v) is 2.75. The van der Waals surface area contributed by atoms with E-state index in [1.165, 1.54) is 20.3 Å². The van der Waals surface area contributed by atoms with E-state index >= 15 is 0 Å². The fourth-order valence-corrected chi connectivity index (χ4v) is 1.71. The highest BCUT2D eigenvalue weighted by Crippen LogP contribution is 2.18. The van der Waals surface area contributed by atoms with Crippen LogP contribution in [0.3, 0.4) is 0 Å². The van der Waals surface area contributed by atoms with Crippen LogP contribution in [0.4, 0.5) is 11.6 Å². The van der Waals surface area contributed by atoms with Crippen molar-refractivity contribution >= 4 is 17.5 Å². The van der Waals surface area contributed by atoms with Gasteiger partial charge in [-0.3, -0.25) is 10.1 Å². The fourth-order valence-electron chi connectivity index (χ4n) is 1.71. The fraction of sp³-hybridized carbons (Fsp3) is 0.214. The number of nitrogens with one attached hydrogen (secondary N) is 1. The van der Waals surface area contributed by atoms with Crippen LogP contribution in [0.25, 0.3) is 0 Å². The molecule has 0 aliphatic carbocycles. The van der Waals surface area contributed by atoms with Gasteiger partial charge < -0.3 is 15.2 Å². The number of hydrogen-bond donors (Lipinski definition) is 2. The highest BCUT2D eigenvalue weighted by Gasteiger charge is 2.10. The number of ether oxygens (including phenoxy) is 2. The molecule has 7 nitrogen and oxygen atoms in total. The zero-order valence-corrected chi connectivity index (χ0v) is 11.8. The van der Waals surface area contributed by atoms with Gasteiger partial charge in [-0.15, -0.1) is 0 Å². The van der Waals surface area contributed by atoms with Crippen molar-refractivity contribution in [1.82, 2.24) is 9.97 Å². The molecule has 0 unspecified atom stereocenters. The van der Waals surface area contributed by atoms with Crippen LogP contribution in [0, 0.1) is 0 Å². The van der Waals surface area contributed by atoms with Crippen LogP contribution in [0.2, 0.25) is 0 Å². The molecule has 1 amide bonds. The molecule has 0 atom stereocenters. The molecule has 2 aromatic rings. The van der Waals surface area contributed by atoms with Crippen molar-refractivity contribution in [1.29, 1.82) is 0 Å². The Morgan fingerprint density at radius 3 is 2.38 bits per heavy atom. The number of nitrogens with zero attached hydrogens (tertiary/aromatic N) is 2. The molecule has 0 saturated carbocycles. The monoisotopic (exact) mass is 288 g/mol. The zero-order valence-electron chi connectivity index (χ0n) is 11.8. The van der Waals surface area contributed by atoms with Gasteiger partial charge in [0, 0.05) is 5.69 Å². The first-order valence-electron chi connectivity index (χ1n) is 6.22. The second-order valence-corrected chi connectivity index (χ2v) is 4.20. The summed E-state index contributed by atoms with van der Waals surface area (Å²) >= 11 is 0. The molecule has 0 fully saturated rings. The summed E-state index contributed by atoms with van der Waals surface area (Å²) in [7, 11) is 2.94. The molecule has 0 bridgehead atoms. The summed E-state index contributed by atoms with van der Waals surface area (Å²) in [6, 6.07) is 8.69. The number of amides is 1. The van der Waals surface area contributed by atoms with Crippen molar-refractivity contribution in [2.75, 3.05) is 25.3 Å². The summed E-state index contributed by atoms with van der Waals surface area (Å²) < 4.78 is 10.0. The van der Waals surface area contributed by atoms with E-state index in [0.29, 0.717) is 17.4 Å². The van der Waals surface area contributed by atoms with Gasteiger partial charge >= 0.3 is 0 Å². The first-order valence-corrected chi connectivity index (χ1v) is 6.22. The van der Waals surface area contributed by atoms with E-state index in [1.807, 2.05) is 12.1 Å². The number of carbonyl (C=O) groups is 1. The second-order valence-electron chi connectivity index (χ2n) is 4.20. The van der Waals surface area contributed by atoms with Gasteiger partial charge in [0.1, 0.15) is 0 Å². The third kappa shape index (κ3) is 3.82. The summed E-state index contributed by atoms with van der Waals surface area (Å²) in [5.74, 6) is 0.446. The number of nitrogen functional groups attached to an aromatic ring is 1. The molecule has 21 heavy (non-hydrogen) atoms. The Bertz CT molecular complexity index is 624. The minimum absolute atomic E-state index is 0.116. The molecule has 0 aliphatic rings. The summed E-state index contributed by atoms with van der Waals surface area (Å²) in [6.07, 6.45) is 0.134. The first kappa shape index (κ1) is 14.6. The maximum atomic E-state index is 12.0. The number of rotatable bonds is 5. The molecule has 0 aliphatic heterocycles. The van der Waals surface area contributed by atoms with E-state index in [2.05, 4.69) is 15.3 Å². The van der Waals surface area contributed by atoms with E-state index in [9.17, 15) is 4.79 Å². The Balaban J connectivity index is 2.11. The predicted octanol–water partition coefficient (Wildman–Crippen LogP) is 1.26. The molecular formula is C14H16N4O3. The largest absolute Gasteiger partial charge is 0.481 e. The van der Waals surface area contributed by atoms with Gasteiger partial charge in [-0.25, -0.2) is 0 Å². The number of anilines is 2. The third-order valence-electron chi connectivity index (χ3n) is 2.75. The van der Waals surface area contributed by atoms with Gasteiger partial charge in [0.2, 0.25) is 23.6 Å². The predicted molar refractivity (Wildman–Crippen MR) is 78.3 cm³/mol. The number of methoxy groups -OCH3 is 2. The Labute approximate surface area is 122 Å². The van der Waals surface area contributed by atoms with Crippen LogP contribution >= 0.6 is 0 Å². The van der Waals surface area contributed by atoms with Crippen LogP contribution in [0.15, 0.2) is 30.3 Å². The van der Waals surface area contributed by atoms with Gasteiger partial charge in [-0.1, -0.05) is 18.2 Å². The van der Waals surface area contributed by atoms with E-state index in [4.69, 9.17) is 15.2 Å². The van der Waals surface area contributed by atoms with Gasteiger partial charge in [0.15, 0.2) is 0 Å². The van der Waals surface area contributed by atoms with Gasteiger partial charge in [0.05, 0.1) is 26.7 Å². The molecule has 7 heteroatoms. The second kappa shape index (κ2) is 6.56. The van der Waals surface area contributed by atoms with Crippen molar-refractivity contribution in [3.05, 3.63) is 35.9 Å². The average molecular weight is 288 g/mol. The van der Waals surface area contributed by atoms with Gasteiger partial charge in [0.25, 0.3) is 0 Å². The Morgan fingerprint density at radius 1 is 1.19 bits per heavy atom. The van der Waals surface area contributed by atoms with E-state index in [1.54, 1.807) is 12.1 Å². The lowest BCUT2D eigenvalue weighted by molar-refractivity contribution is -0.115. The molecule has 2 rings (SSSR count). The lowest BCUT2D eigenvalue weighted by atomic mass is 10.1. The van der Waals surface area contributed by atoms with Crippen molar-refractivity contribution in [2.24, 2.45) is 0 Å². The number of carbonyl (C=O) groups excluding carboxylic acids is 1. The maximum Gasteiger partial charge on any atom is 0.236 e. The lowest BCUT2D eigenvalue weighted by Gasteiger charge is -2.08. The van der Waals surface area contributed by atoms with Crippen molar-refractivity contribution in [2.45, 2.75) is 6.42 Å². The van der Waals surface area contributed by atoms with Crippen LogP contribution in [-0.4, -0.2) is 30.1 Å². The molecule has 0 saturated heterocycles. The van der Waals surface area contributed by atoms with Crippen molar-refractivity contribution < 1.29 is 14.3 Å². The number of hydrogen-bond acceptors (Lipinski definition) is 6. The number of para-hydroxylation sites is 1. The molecular weight excluding hydrogens is 272 g/mol. The van der Waals surface area contributed by atoms with E-state index < -0.39 is 0 Å². The van der Waals surface area contributed by atoms with Crippen LogP contribution in [0.1, 0.15) is 5.56 Å². The zero-order chi connectivity index (χ0) is 15.2. The van der Waals surface area contributed by atoms with E-state index in [-0.39, 0.29) is 18.3 Å². The minimum Gasteiger partial charge on any atom is -0.481 e. The first-order chi connectivity index (χ1) is 10.1.